The maximum Gasteiger partial charge on any atom is 0.166 e. The molecule has 0 atom stereocenters. The standard InChI is InChI=1S/C16H16BrClFNO/c1-10(2)20-9-11-3-5-15(13(18)7-11)21-16-6-4-12(17)8-14(16)19/h3-8,10,20H,9H2,1-2H3. The third-order valence-electron chi connectivity index (χ3n) is 2.82. The highest BCUT2D eigenvalue weighted by molar-refractivity contribution is 9.10. The minimum absolute atomic E-state index is 0.146. The van der Waals surface area contributed by atoms with Crippen molar-refractivity contribution in [2.75, 3.05) is 0 Å². The summed E-state index contributed by atoms with van der Waals surface area (Å²) in [7, 11) is 0. The quantitative estimate of drug-likeness (QED) is 0.745. The Morgan fingerprint density at radius 1 is 1.19 bits per heavy atom. The smallest absolute Gasteiger partial charge is 0.166 e. The van der Waals surface area contributed by atoms with Crippen LogP contribution in [0.2, 0.25) is 5.02 Å². The Bertz CT molecular complexity index is 634. The Hall–Kier alpha value is -1.10. The summed E-state index contributed by atoms with van der Waals surface area (Å²) < 4.78 is 19.9. The van der Waals surface area contributed by atoms with Crippen molar-refractivity contribution in [1.82, 2.24) is 5.32 Å². The van der Waals surface area contributed by atoms with Crippen LogP contribution in [0.5, 0.6) is 11.5 Å². The molecule has 2 aromatic rings. The molecular formula is C16H16BrClFNO. The first kappa shape index (κ1) is 16.3. The van der Waals surface area contributed by atoms with Gasteiger partial charge in [0.05, 0.1) is 5.02 Å². The van der Waals surface area contributed by atoms with Crippen LogP contribution in [0.15, 0.2) is 40.9 Å². The van der Waals surface area contributed by atoms with Crippen LogP contribution in [-0.2, 0) is 6.54 Å². The summed E-state index contributed by atoms with van der Waals surface area (Å²) in [5.74, 6) is 0.144. The summed E-state index contributed by atoms with van der Waals surface area (Å²) in [5.41, 5.74) is 1.05. The van der Waals surface area contributed by atoms with E-state index < -0.39 is 5.82 Å². The Labute approximate surface area is 137 Å². The molecule has 0 radical (unpaired) electrons. The molecule has 1 N–H and O–H groups in total. The predicted octanol–water partition coefficient (Wildman–Crippen LogP) is 5.53. The van der Waals surface area contributed by atoms with Gasteiger partial charge in [0.25, 0.3) is 0 Å². The fraction of sp³-hybridized carbons (Fsp3) is 0.250. The average molecular weight is 373 g/mol. The number of hydrogen-bond donors (Lipinski definition) is 1. The molecule has 0 aliphatic heterocycles. The van der Waals surface area contributed by atoms with Gasteiger partial charge in [0.2, 0.25) is 0 Å². The van der Waals surface area contributed by atoms with Gasteiger partial charge in [-0.25, -0.2) is 4.39 Å². The Morgan fingerprint density at radius 2 is 1.90 bits per heavy atom. The summed E-state index contributed by atoms with van der Waals surface area (Å²) in [5, 5.41) is 3.77. The maximum atomic E-state index is 13.7. The van der Waals surface area contributed by atoms with E-state index in [1.165, 1.54) is 6.07 Å². The zero-order valence-electron chi connectivity index (χ0n) is 11.8. The molecule has 21 heavy (non-hydrogen) atoms. The van der Waals surface area contributed by atoms with E-state index in [-0.39, 0.29) is 5.75 Å². The molecule has 0 fully saturated rings. The fourth-order valence-corrected chi connectivity index (χ4v) is 2.31. The minimum Gasteiger partial charge on any atom is -0.453 e. The second-order valence-corrected chi connectivity index (χ2v) is 6.30. The van der Waals surface area contributed by atoms with Crippen LogP contribution in [0.4, 0.5) is 4.39 Å². The van der Waals surface area contributed by atoms with E-state index in [4.69, 9.17) is 16.3 Å². The zero-order valence-corrected chi connectivity index (χ0v) is 14.1. The van der Waals surface area contributed by atoms with E-state index >= 15 is 0 Å². The zero-order chi connectivity index (χ0) is 15.4. The van der Waals surface area contributed by atoms with Crippen molar-refractivity contribution in [3.05, 3.63) is 57.3 Å². The van der Waals surface area contributed by atoms with E-state index in [0.717, 1.165) is 12.1 Å². The van der Waals surface area contributed by atoms with Crippen molar-refractivity contribution in [3.8, 4) is 11.5 Å². The van der Waals surface area contributed by atoms with Gasteiger partial charge in [-0.2, -0.15) is 0 Å². The van der Waals surface area contributed by atoms with Crippen LogP contribution in [0.1, 0.15) is 19.4 Å². The average Bonchev–Trinajstić information content (AvgIpc) is 2.42. The molecule has 0 heterocycles. The van der Waals surface area contributed by atoms with Crippen LogP contribution >= 0.6 is 27.5 Å². The SMILES string of the molecule is CC(C)NCc1ccc(Oc2ccc(Br)cc2F)c(Cl)c1. The van der Waals surface area contributed by atoms with E-state index in [0.29, 0.717) is 21.3 Å². The lowest BCUT2D eigenvalue weighted by molar-refractivity contribution is 0.442. The van der Waals surface area contributed by atoms with Crippen molar-refractivity contribution in [3.63, 3.8) is 0 Å². The van der Waals surface area contributed by atoms with Gasteiger partial charge >= 0.3 is 0 Å². The third-order valence-corrected chi connectivity index (χ3v) is 3.61. The predicted molar refractivity (Wildman–Crippen MR) is 87.6 cm³/mol. The van der Waals surface area contributed by atoms with Gasteiger partial charge in [-0.15, -0.1) is 0 Å². The normalized spacial score (nSPS) is 11.0. The summed E-state index contributed by atoms with van der Waals surface area (Å²) in [6.45, 7) is 4.88. The molecule has 0 amide bonds. The van der Waals surface area contributed by atoms with Gasteiger partial charge in [0.1, 0.15) is 5.75 Å². The first-order valence-corrected chi connectivity index (χ1v) is 7.77. The highest BCUT2D eigenvalue weighted by atomic mass is 79.9. The molecule has 0 bridgehead atoms. The largest absolute Gasteiger partial charge is 0.453 e. The van der Waals surface area contributed by atoms with Gasteiger partial charge in [-0.1, -0.05) is 47.4 Å². The lowest BCUT2D eigenvalue weighted by Crippen LogP contribution is -2.21. The lowest BCUT2D eigenvalue weighted by atomic mass is 10.2. The highest BCUT2D eigenvalue weighted by Gasteiger charge is 2.09. The number of benzene rings is 2. The molecule has 0 saturated heterocycles. The minimum atomic E-state index is -0.439. The summed E-state index contributed by atoms with van der Waals surface area (Å²) in [6, 6.07) is 10.5. The summed E-state index contributed by atoms with van der Waals surface area (Å²) in [4.78, 5) is 0. The molecule has 2 aromatic carbocycles. The van der Waals surface area contributed by atoms with Gasteiger partial charge in [-0.3, -0.25) is 0 Å². The maximum absolute atomic E-state index is 13.7. The van der Waals surface area contributed by atoms with Crippen LogP contribution in [0.3, 0.4) is 0 Å². The number of hydrogen-bond acceptors (Lipinski definition) is 2. The molecule has 112 valence electrons. The van der Waals surface area contributed by atoms with Crippen LogP contribution in [0, 0.1) is 5.82 Å². The van der Waals surface area contributed by atoms with E-state index in [9.17, 15) is 4.39 Å². The molecule has 0 spiro atoms. The second-order valence-electron chi connectivity index (χ2n) is 4.98. The molecule has 0 aliphatic rings. The lowest BCUT2D eigenvalue weighted by Gasteiger charge is -2.12. The van der Waals surface area contributed by atoms with Gasteiger partial charge in [0.15, 0.2) is 11.6 Å². The second kappa shape index (κ2) is 7.25. The molecule has 0 saturated carbocycles. The molecule has 0 unspecified atom stereocenters. The Morgan fingerprint density at radius 3 is 2.52 bits per heavy atom. The molecule has 0 aliphatic carbocycles. The molecule has 0 aromatic heterocycles. The monoisotopic (exact) mass is 371 g/mol. The number of halogens is 3. The molecular weight excluding hydrogens is 357 g/mol. The van der Waals surface area contributed by atoms with Crippen LogP contribution in [-0.4, -0.2) is 6.04 Å². The van der Waals surface area contributed by atoms with Crippen molar-refractivity contribution < 1.29 is 9.13 Å². The molecule has 2 nitrogen and oxygen atoms in total. The molecule has 2 rings (SSSR count). The van der Waals surface area contributed by atoms with E-state index in [2.05, 4.69) is 35.1 Å². The van der Waals surface area contributed by atoms with Crippen molar-refractivity contribution >= 4 is 27.5 Å². The topological polar surface area (TPSA) is 21.3 Å². The van der Waals surface area contributed by atoms with Crippen LogP contribution in [0.25, 0.3) is 0 Å². The number of rotatable bonds is 5. The summed E-state index contributed by atoms with van der Waals surface area (Å²) in [6.07, 6.45) is 0. The highest BCUT2D eigenvalue weighted by Crippen LogP contribution is 2.32. The first-order valence-electron chi connectivity index (χ1n) is 6.60. The number of ether oxygens (including phenoxy) is 1. The van der Waals surface area contributed by atoms with E-state index in [1.807, 2.05) is 12.1 Å². The van der Waals surface area contributed by atoms with Crippen molar-refractivity contribution in [2.24, 2.45) is 0 Å². The van der Waals surface area contributed by atoms with Gasteiger partial charge < -0.3 is 10.1 Å². The van der Waals surface area contributed by atoms with Crippen molar-refractivity contribution in [2.45, 2.75) is 26.4 Å². The molecule has 5 heteroatoms. The fourth-order valence-electron chi connectivity index (χ4n) is 1.74. The van der Waals surface area contributed by atoms with Crippen molar-refractivity contribution in [1.29, 1.82) is 0 Å². The Kier molecular flexibility index (Phi) is 5.62. The summed E-state index contributed by atoms with van der Waals surface area (Å²) >= 11 is 9.40. The Balaban J connectivity index is 2.13. The van der Waals surface area contributed by atoms with Gasteiger partial charge in [-0.05, 0) is 35.9 Å². The van der Waals surface area contributed by atoms with Crippen LogP contribution < -0.4 is 10.1 Å². The third kappa shape index (κ3) is 4.70. The first-order chi connectivity index (χ1) is 9.95. The van der Waals surface area contributed by atoms with E-state index in [1.54, 1.807) is 18.2 Å². The van der Waals surface area contributed by atoms with Gasteiger partial charge in [0, 0.05) is 17.1 Å². The number of nitrogens with one attached hydrogen (secondary N) is 1.